The third-order valence-electron chi connectivity index (χ3n) is 2.88. The summed E-state index contributed by atoms with van der Waals surface area (Å²) in [4.78, 5) is 0. The van der Waals surface area contributed by atoms with Crippen molar-refractivity contribution < 1.29 is 9.13 Å². The van der Waals surface area contributed by atoms with Crippen LogP contribution in [0.15, 0.2) is 28.7 Å². The molecule has 5 heteroatoms. The second-order valence-electron chi connectivity index (χ2n) is 4.13. The van der Waals surface area contributed by atoms with Gasteiger partial charge in [-0.05, 0) is 23.1 Å². The molecule has 0 aromatic heterocycles. The lowest BCUT2D eigenvalue weighted by atomic mass is 9.90. The van der Waals surface area contributed by atoms with E-state index in [4.69, 9.17) is 17.0 Å². The predicted molar refractivity (Wildman–Crippen MR) is 73.2 cm³/mol. The van der Waals surface area contributed by atoms with Gasteiger partial charge in [0.2, 0.25) is 0 Å². The summed E-state index contributed by atoms with van der Waals surface area (Å²) in [5, 5.41) is 4.81. The van der Waals surface area contributed by atoms with Crippen LogP contribution in [0, 0.1) is 0 Å². The Morgan fingerprint density at radius 3 is 3.12 bits per heavy atom. The molecule has 2 atom stereocenters. The van der Waals surface area contributed by atoms with E-state index >= 15 is 0 Å². The molecule has 1 aromatic rings. The highest BCUT2D eigenvalue weighted by Crippen LogP contribution is 2.28. The Bertz CT molecular complexity index is 417. The van der Waals surface area contributed by atoms with Crippen LogP contribution >= 0.6 is 28.1 Å². The summed E-state index contributed by atoms with van der Waals surface area (Å²) < 4.78 is 19.8. The zero-order valence-electron chi connectivity index (χ0n) is 9.16. The van der Waals surface area contributed by atoms with Crippen LogP contribution in [-0.4, -0.2) is 31.3 Å². The Labute approximate surface area is 114 Å². The highest BCUT2D eigenvalue weighted by Gasteiger charge is 2.38. The van der Waals surface area contributed by atoms with Crippen LogP contribution in [0.1, 0.15) is 5.56 Å². The third-order valence-corrected chi connectivity index (χ3v) is 3.70. The fourth-order valence-electron chi connectivity index (χ4n) is 1.98. The van der Waals surface area contributed by atoms with Crippen molar-refractivity contribution in [2.45, 2.75) is 11.6 Å². The number of alkyl halides is 1. The molecule has 1 aromatic carbocycles. The van der Waals surface area contributed by atoms with E-state index in [1.54, 1.807) is 5.37 Å². The third kappa shape index (κ3) is 2.73. The van der Waals surface area contributed by atoms with Gasteiger partial charge in [-0.1, -0.05) is 40.3 Å². The summed E-state index contributed by atoms with van der Waals surface area (Å²) in [6.45, 7) is 0.294. The van der Waals surface area contributed by atoms with E-state index in [9.17, 15) is 4.39 Å². The van der Waals surface area contributed by atoms with Crippen molar-refractivity contribution >= 4 is 33.5 Å². The first-order valence-electron chi connectivity index (χ1n) is 5.33. The Morgan fingerprint density at radius 2 is 2.47 bits per heavy atom. The molecule has 2 nitrogen and oxygen atoms in total. The standard InChI is InChI=1S/C12H13BrFNOS/c13-10-3-1-2-9(4-10)12(7-14)8-16-5-11(6-17)15-12/h1-4,6,11,15H,5,7-8H2. The molecule has 0 amide bonds. The molecular weight excluding hydrogens is 305 g/mol. The Kier molecular flexibility index (Phi) is 4.25. The molecule has 1 heterocycles. The summed E-state index contributed by atoms with van der Waals surface area (Å²) in [7, 11) is 0. The first-order valence-corrected chi connectivity index (χ1v) is 6.59. The van der Waals surface area contributed by atoms with E-state index in [-0.39, 0.29) is 6.04 Å². The summed E-state index contributed by atoms with van der Waals surface area (Å²) in [5.74, 6) is 0. The summed E-state index contributed by atoms with van der Waals surface area (Å²) in [6.07, 6.45) is 0. The maximum Gasteiger partial charge on any atom is 0.114 e. The van der Waals surface area contributed by atoms with Crippen LogP contribution < -0.4 is 5.32 Å². The number of benzene rings is 1. The molecule has 1 fully saturated rings. The smallest absolute Gasteiger partial charge is 0.114 e. The zero-order valence-corrected chi connectivity index (χ0v) is 11.6. The van der Waals surface area contributed by atoms with E-state index < -0.39 is 12.2 Å². The largest absolute Gasteiger partial charge is 0.377 e. The molecule has 1 aliphatic heterocycles. The van der Waals surface area contributed by atoms with Gasteiger partial charge in [-0.3, -0.25) is 5.32 Å². The minimum Gasteiger partial charge on any atom is -0.377 e. The number of hydrogen-bond acceptors (Lipinski definition) is 3. The van der Waals surface area contributed by atoms with E-state index in [0.717, 1.165) is 10.0 Å². The highest BCUT2D eigenvalue weighted by molar-refractivity contribution is 9.10. The van der Waals surface area contributed by atoms with Gasteiger partial charge in [0.05, 0.1) is 24.8 Å². The van der Waals surface area contributed by atoms with Crippen molar-refractivity contribution in [1.29, 1.82) is 0 Å². The van der Waals surface area contributed by atoms with Crippen molar-refractivity contribution in [3.05, 3.63) is 34.3 Å². The lowest BCUT2D eigenvalue weighted by Crippen LogP contribution is -2.58. The van der Waals surface area contributed by atoms with Gasteiger partial charge in [-0.2, -0.15) is 0 Å². The Balaban J connectivity index is 2.33. The SMILES string of the molecule is FCC1(c2cccc(Br)c2)COCC(C=S)N1. The van der Waals surface area contributed by atoms with Crippen LogP contribution in [0.5, 0.6) is 0 Å². The molecule has 2 rings (SSSR count). The van der Waals surface area contributed by atoms with Gasteiger partial charge in [0.15, 0.2) is 0 Å². The highest BCUT2D eigenvalue weighted by atomic mass is 79.9. The lowest BCUT2D eigenvalue weighted by molar-refractivity contribution is 0.00196. The van der Waals surface area contributed by atoms with E-state index in [2.05, 4.69) is 21.2 Å². The van der Waals surface area contributed by atoms with Gasteiger partial charge in [0.1, 0.15) is 6.67 Å². The van der Waals surface area contributed by atoms with Gasteiger partial charge < -0.3 is 4.74 Å². The molecule has 1 aliphatic rings. The topological polar surface area (TPSA) is 21.3 Å². The van der Waals surface area contributed by atoms with Gasteiger partial charge in [0.25, 0.3) is 0 Å². The molecule has 1 saturated heterocycles. The maximum absolute atomic E-state index is 13.5. The van der Waals surface area contributed by atoms with Crippen LogP contribution in [0.4, 0.5) is 4.39 Å². The first-order chi connectivity index (χ1) is 8.20. The molecule has 0 aliphatic carbocycles. The monoisotopic (exact) mass is 317 g/mol. The molecule has 0 bridgehead atoms. The minimum absolute atomic E-state index is 0.0894. The average molecular weight is 318 g/mol. The number of halogens is 2. The van der Waals surface area contributed by atoms with Crippen LogP contribution in [0.25, 0.3) is 0 Å². The van der Waals surface area contributed by atoms with Crippen molar-refractivity contribution in [2.75, 3.05) is 19.9 Å². The predicted octanol–water partition coefficient (Wildman–Crippen LogP) is 2.60. The Morgan fingerprint density at radius 1 is 1.65 bits per heavy atom. The quantitative estimate of drug-likeness (QED) is 0.866. The van der Waals surface area contributed by atoms with Crippen LogP contribution in [0.2, 0.25) is 0 Å². The Hall–Kier alpha value is -0.360. The molecule has 1 N–H and O–H groups in total. The minimum atomic E-state index is -0.790. The normalized spacial score (nSPS) is 28.9. The molecular formula is C12H13BrFNOS. The van der Waals surface area contributed by atoms with Crippen LogP contribution in [-0.2, 0) is 10.3 Å². The van der Waals surface area contributed by atoms with Crippen LogP contribution in [0.3, 0.4) is 0 Å². The van der Waals surface area contributed by atoms with Crippen molar-refractivity contribution in [2.24, 2.45) is 0 Å². The van der Waals surface area contributed by atoms with Crippen molar-refractivity contribution in [3.8, 4) is 0 Å². The second kappa shape index (κ2) is 5.52. The summed E-state index contributed by atoms with van der Waals surface area (Å²) in [5.41, 5.74) is 0.0816. The fourth-order valence-corrected chi connectivity index (χ4v) is 2.52. The van der Waals surface area contributed by atoms with E-state index in [0.29, 0.717) is 13.2 Å². The zero-order chi connectivity index (χ0) is 12.3. The maximum atomic E-state index is 13.5. The number of hydrogen-bond donors (Lipinski definition) is 1. The number of rotatable bonds is 3. The number of morpholine rings is 1. The molecule has 0 spiro atoms. The van der Waals surface area contributed by atoms with Gasteiger partial charge >= 0.3 is 0 Å². The number of ether oxygens (including phenoxy) is 1. The summed E-state index contributed by atoms with van der Waals surface area (Å²) >= 11 is 8.29. The van der Waals surface area contributed by atoms with E-state index in [1.165, 1.54) is 0 Å². The van der Waals surface area contributed by atoms with Gasteiger partial charge in [-0.25, -0.2) is 4.39 Å². The molecule has 17 heavy (non-hydrogen) atoms. The fraction of sp³-hybridized carbons (Fsp3) is 0.417. The van der Waals surface area contributed by atoms with Gasteiger partial charge in [0, 0.05) is 4.47 Å². The molecule has 92 valence electrons. The molecule has 0 radical (unpaired) electrons. The lowest BCUT2D eigenvalue weighted by Gasteiger charge is -2.39. The summed E-state index contributed by atoms with van der Waals surface area (Å²) in [6, 6.07) is 7.51. The van der Waals surface area contributed by atoms with Crippen molar-refractivity contribution in [1.82, 2.24) is 5.32 Å². The number of thiocarbonyl (C=S) groups is 1. The van der Waals surface area contributed by atoms with E-state index in [1.807, 2.05) is 24.3 Å². The average Bonchev–Trinajstić information content (AvgIpc) is 2.38. The van der Waals surface area contributed by atoms with Crippen molar-refractivity contribution in [3.63, 3.8) is 0 Å². The second-order valence-corrected chi connectivity index (χ2v) is 5.32. The molecule has 0 saturated carbocycles. The van der Waals surface area contributed by atoms with Gasteiger partial charge in [-0.15, -0.1) is 0 Å². The first kappa shape index (κ1) is 13.1. The molecule has 2 unspecified atom stereocenters. The number of nitrogens with one attached hydrogen (secondary N) is 1.